The van der Waals surface area contributed by atoms with Gasteiger partial charge in [-0.15, -0.1) is 0 Å². The standard InChI is InChI=1S/C77H151NO5/c1-3-5-7-9-11-13-15-16-17-44-47-51-55-59-63-67-71-77(82)83-72-68-64-60-56-52-48-45-42-40-38-36-34-32-30-28-26-24-22-20-18-19-21-23-25-27-29-31-33-35-37-39-41-43-46-50-54-58-62-66-70-76(81)78-74(73-79)75(80)69-65-61-57-53-49-14-12-10-8-6-4-2/h17,44,74-75,79-80H,3-16,18-43,45-73H2,1-2H3,(H,78,81)/b44-17-. The number of rotatable bonds is 73. The second kappa shape index (κ2) is 73.1. The van der Waals surface area contributed by atoms with E-state index in [1.807, 2.05) is 0 Å². The Morgan fingerprint density at radius 3 is 0.855 bits per heavy atom. The number of ether oxygens (including phenoxy) is 1. The SMILES string of the molecule is CCCCCCCCC/C=C\CCCCCCCC(=O)OCCCCCCCCCCCCCCCCCCCCCCCCCCCCCCCCCCCCCCCCCC(=O)NC(CO)C(O)CCCCCCCCCCCCC. The van der Waals surface area contributed by atoms with Gasteiger partial charge >= 0.3 is 5.97 Å². The molecule has 0 saturated heterocycles. The molecule has 494 valence electrons. The summed E-state index contributed by atoms with van der Waals surface area (Å²) in [6.45, 7) is 4.98. The molecular formula is C77H151NO5. The lowest BCUT2D eigenvalue weighted by Crippen LogP contribution is -2.45. The first kappa shape index (κ1) is 81.6. The molecule has 0 aromatic heterocycles. The number of carbonyl (C=O) groups is 2. The van der Waals surface area contributed by atoms with Crippen molar-refractivity contribution >= 4 is 11.9 Å². The maximum absolute atomic E-state index is 12.5. The van der Waals surface area contributed by atoms with Crippen molar-refractivity contribution in [2.24, 2.45) is 0 Å². The van der Waals surface area contributed by atoms with Crippen molar-refractivity contribution in [1.29, 1.82) is 0 Å². The van der Waals surface area contributed by atoms with Gasteiger partial charge in [-0.2, -0.15) is 0 Å². The molecule has 0 aliphatic rings. The summed E-state index contributed by atoms with van der Waals surface area (Å²) < 4.78 is 5.50. The fourth-order valence-corrected chi connectivity index (χ4v) is 12.5. The van der Waals surface area contributed by atoms with Gasteiger partial charge in [-0.3, -0.25) is 9.59 Å². The molecule has 83 heavy (non-hydrogen) atoms. The number of unbranched alkanes of at least 4 members (excludes halogenated alkanes) is 60. The molecule has 6 heteroatoms. The van der Waals surface area contributed by atoms with E-state index in [4.69, 9.17) is 4.74 Å². The molecule has 6 nitrogen and oxygen atoms in total. The molecule has 3 N–H and O–H groups in total. The van der Waals surface area contributed by atoms with E-state index in [2.05, 4.69) is 31.3 Å². The van der Waals surface area contributed by atoms with Crippen LogP contribution < -0.4 is 5.32 Å². The lowest BCUT2D eigenvalue weighted by atomic mass is 10.0. The second-order valence-electron chi connectivity index (χ2n) is 26.7. The van der Waals surface area contributed by atoms with Crippen LogP contribution in [0.2, 0.25) is 0 Å². The highest BCUT2D eigenvalue weighted by atomic mass is 16.5. The van der Waals surface area contributed by atoms with Crippen LogP contribution in [0.3, 0.4) is 0 Å². The predicted octanol–water partition coefficient (Wildman–Crippen LogP) is 25.1. The maximum Gasteiger partial charge on any atom is 0.305 e. The Morgan fingerprint density at radius 1 is 0.325 bits per heavy atom. The third-order valence-electron chi connectivity index (χ3n) is 18.3. The van der Waals surface area contributed by atoms with Crippen LogP contribution >= 0.6 is 0 Å². The molecule has 0 heterocycles. The normalized spacial score (nSPS) is 12.5. The van der Waals surface area contributed by atoms with Crippen molar-refractivity contribution in [3.05, 3.63) is 12.2 Å². The van der Waals surface area contributed by atoms with Crippen molar-refractivity contribution in [3.8, 4) is 0 Å². The molecule has 0 fully saturated rings. The third-order valence-corrected chi connectivity index (χ3v) is 18.3. The fourth-order valence-electron chi connectivity index (χ4n) is 12.5. The minimum Gasteiger partial charge on any atom is -0.466 e. The average Bonchev–Trinajstić information content (AvgIpc) is 3.49. The lowest BCUT2D eigenvalue weighted by Gasteiger charge is -2.22. The van der Waals surface area contributed by atoms with E-state index < -0.39 is 12.1 Å². The Kier molecular flexibility index (Phi) is 71.8. The van der Waals surface area contributed by atoms with Gasteiger partial charge in [-0.1, -0.05) is 392 Å². The highest BCUT2D eigenvalue weighted by molar-refractivity contribution is 5.76. The Hall–Kier alpha value is -1.40. The first-order valence-corrected chi connectivity index (χ1v) is 38.4. The molecule has 0 radical (unpaired) electrons. The van der Waals surface area contributed by atoms with E-state index in [1.54, 1.807) is 0 Å². The molecule has 2 atom stereocenters. The molecule has 0 spiro atoms. The maximum atomic E-state index is 12.5. The summed E-state index contributed by atoms with van der Waals surface area (Å²) in [6, 6.07) is -0.534. The Labute approximate surface area is 520 Å². The van der Waals surface area contributed by atoms with Crippen molar-refractivity contribution < 1.29 is 24.5 Å². The van der Waals surface area contributed by atoms with E-state index in [1.165, 1.54) is 366 Å². The quantitative estimate of drug-likeness (QED) is 0.0320. The minimum atomic E-state index is -0.657. The van der Waals surface area contributed by atoms with Crippen LogP contribution in [0.15, 0.2) is 12.2 Å². The van der Waals surface area contributed by atoms with Gasteiger partial charge in [0.2, 0.25) is 5.91 Å². The molecule has 0 rings (SSSR count). The second-order valence-corrected chi connectivity index (χ2v) is 26.7. The van der Waals surface area contributed by atoms with E-state index in [0.29, 0.717) is 25.9 Å². The van der Waals surface area contributed by atoms with Crippen molar-refractivity contribution in [3.63, 3.8) is 0 Å². The number of carbonyl (C=O) groups excluding carboxylic acids is 2. The first-order valence-electron chi connectivity index (χ1n) is 38.4. The number of esters is 1. The molecule has 0 aromatic rings. The van der Waals surface area contributed by atoms with Gasteiger partial charge in [0.25, 0.3) is 0 Å². The minimum absolute atomic E-state index is 0.0176. The number of nitrogens with one attached hydrogen (secondary N) is 1. The molecule has 2 unspecified atom stereocenters. The summed E-state index contributed by atoms with van der Waals surface area (Å²) in [5, 5.41) is 23.2. The van der Waals surface area contributed by atoms with Crippen LogP contribution in [-0.2, 0) is 14.3 Å². The Balaban J connectivity index is 3.26. The largest absolute Gasteiger partial charge is 0.466 e. The van der Waals surface area contributed by atoms with E-state index in [-0.39, 0.29) is 18.5 Å². The van der Waals surface area contributed by atoms with E-state index >= 15 is 0 Å². The Morgan fingerprint density at radius 2 is 0.566 bits per heavy atom. The van der Waals surface area contributed by atoms with Gasteiger partial charge in [0.1, 0.15) is 0 Å². The van der Waals surface area contributed by atoms with E-state index in [9.17, 15) is 19.8 Å². The summed E-state index contributed by atoms with van der Waals surface area (Å²) in [5.41, 5.74) is 0. The monoisotopic (exact) mass is 1170 g/mol. The first-order chi connectivity index (χ1) is 41.0. The number of amides is 1. The number of allylic oxidation sites excluding steroid dienone is 2. The highest BCUT2D eigenvalue weighted by Crippen LogP contribution is 2.20. The average molecular weight is 1170 g/mol. The van der Waals surface area contributed by atoms with Crippen LogP contribution in [0.4, 0.5) is 0 Å². The molecule has 0 saturated carbocycles. The van der Waals surface area contributed by atoms with Crippen molar-refractivity contribution in [1.82, 2.24) is 5.32 Å². The van der Waals surface area contributed by atoms with Gasteiger partial charge in [-0.05, 0) is 51.4 Å². The van der Waals surface area contributed by atoms with Crippen LogP contribution in [0, 0.1) is 0 Å². The summed E-state index contributed by atoms with van der Waals surface area (Å²) in [6.07, 6.45) is 91.8. The molecule has 0 aliphatic carbocycles. The number of hydrogen-bond acceptors (Lipinski definition) is 5. The van der Waals surface area contributed by atoms with Crippen molar-refractivity contribution in [2.45, 2.75) is 456 Å². The summed E-state index contributed by atoms with van der Waals surface area (Å²) in [4.78, 5) is 24.6. The van der Waals surface area contributed by atoms with Crippen LogP contribution in [0.1, 0.15) is 444 Å². The number of aliphatic hydroxyl groups is 2. The number of aliphatic hydroxyl groups excluding tert-OH is 2. The number of hydrogen-bond donors (Lipinski definition) is 3. The fraction of sp³-hybridized carbons (Fsp3) is 0.948. The van der Waals surface area contributed by atoms with E-state index in [0.717, 1.165) is 44.9 Å². The van der Waals surface area contributed by atoms with Gasteiger partial charge in [0, 0.05) is 12.8 Å². The molecule has 0 aliphatic heterocycles. The van der Waals surface area contributed by atoms with Crippen LogP contribution in [0.5, 0.6) is 0 Å². The zero-order valence-electron chi connectivity index (χ0n) is 56.7. The van der Waals surface area contributed by atoms with Crippen molar-refractivity contribution in [2.75, 3.05) is 13.2 Å². The Bertz CT molecular complexity index is 1260. The van der Waals surface area contributed by atoms with Crippen LogP contribution in [-0.4, -0.2) is 47.4 Å². The molecule has 0 bridgehead atoms. The smallest absolute Gasteiger partial charge is 0.305 e. The van der Waals surface area contributed by atoms with Gasteiger partial charge < -0.3 is 20.3 Å². The van der Waals surface area contributed by atoms with Gasteiger partial charge in [0.05, 0.1) is 25.4 Å². The third kappa shape index (κ3) is 69.6. The molecule has 1 amide bonds. The zero-order valence-corrected chi connectivity index (χ0v) is 56.7. The molecular weight excluding hydrogens is 1020 g/mol. The van der Waals surface area contributed by atoms with Crippen LogP contribution in [0.25, 0.3) is 0 Å². The summed E-state index contributed by atoms with van der Waals surface area (Å²) in [5.74, 6) is -0.00965. The lowest BCUT2D eigenvalue weighted by molar-refractivity contribution is -0.143. The van der Waals surface area contributed by atoms with Gasteiger partial charge in [-0.25, -0.2) is 0 Å². The topological polar surface area (TPSA) is 95.9 Å². The summed E-state index contributed by atoms with van der Waals surface area (Å²) >= 11 is 0. The predicted molar refractivity (Wildman–Crippen MR) is 366 cm³/mol. The van der Waals surface area contributed by atoms with Gasteiger partial charge in [0.15, 0.2) is 0 Å². The zero-order chi connectivity index (χ0) is 59.9. The molecule has 0 aromatic carbocycles. The highest BCUT2D eigenvalue weighted by Gasteiger charge is 2.20. The summed E-state index contributed by atoms with van der Waals surface area (Å²) in [7, 11) is 0.